The van der Waals surface area contributed by atoms with Crippen molar-refractivity contribution in [2.75, 3.05) is 5.32 Å². The molecular formula is C14H10ClNO2S. The summed E-state index contributed by atoms with van der Waals surface area (Å²) in [5, 5.41) is 13.0. The van der Waals surface area contributed by atoms with Gasteiger partial charge in [0.25, 0.3) is 0 Å². The van der Waals surface area contributed by atoms with Gasteiger partial charge in [0.15, 0.2) is 0 Å². The first-order valence-electron chi connectivity index (χ1n) is 5.71. The first-order valence-corrected chi connectivity index (χ1v) is 6.90. The maximum Gasteiger partial charge on any atom is 0.335 e. The SMILES string of the molecule is O=C(O)c1ccc2c(c1)NCc1cc(Cl)ccc1S2. The van der Waals surface area contributed by atoms with Crippen LogP contribution < -0.4 is 5.32 Å². The van der Waals surface area contributed by atoms with E-state index in [0.717, 1.165) is 21.0 Å². The summed E-state index contributed by atoms with van der Waals surface area (Å²) in [5.74, 6) is -0.917. The van der Waals surface area contributed by atoms with Gasteiger partial charge in [0.1, 0.15) is 0 Å². The molecule has 0 atom stereocenters. The Morgan fingerprint density at radius 3 is 2.79 bits per heavy atom. The van der Waals surface area contributed by atoms with Gasteiger partial charge in [-0.25, -0.2) is 4.79 Å². The molecule has 0 saturated heterocycles. The molecule has 0 aliphatic carbocycles. The van der Waals surface area contributed by atoms with Crippen LogP contribution in [0.2, 0.25) is 5.02 Å². The van der Waals surface area contributed by atoms with E-state index in [-0.39, 0.29) is 5.56 Å². The molecule has 2 aromatic carbocycles. The van der Waals surface area contributed by atoms with E-state index in [1.54, 1.807) is 23.9 Å². The third kappa shape index (κ3) is 2.41. The second-order valence-electron chi connectivity index (χ2n) is 4.22. The molecule has 2 aromatic rings. The summed E-state index contributed by atoms with van der Waals surface area (Å²) in [4.78, 5) is 13.1. The molecule has 0 radical (unpaired) electrons. The van der Waals surface area contributed by atoms with Crippen molar-refractivity contribution in [3.63, 3.8) is 0 Å². The zero-order valence-electron chi connectivity index (χ0n) is 9.81. The highest BCUT2D eigenvalue weighted by Gasteiger charge is 2.15. The van der Waals surface area contributed by atoms with Crippen LogP contribution >= 0.6 is 23.4 Å². The number of hydrogen-bond acceptors (Lipinski definition) is 3. The lowest BCUT2D eigenvalue weighted by atomic mass is 10.2. The molecule has 2 N–H and O–H groups in total. The molecule has 1 aliphatic rings. The minimum absolute atomic E-state index is 0.288. The molecule has 0 spiro atoms. The normalized spacial score (nSPS) is 12.9. The highest BCUT2D eigenvalue weighted by atomic mass is 35.5. The van der Waals surface area contributed by atoms with Gasteiger partial charge in [-0.2, -0.15) is 0 Å². The fraction of sp³-hybridized carbons (Fsp3) is 0.0714. The van der Waals surface area contributed by atoms with Gasteiger partial charge in [-0.15, -0.1) is 0 Å². The number of halogens is 1. The fourth-order valence-corrected chi connectivity index (χ4v) is 3.19. The number of carbonyl (C=O) groups is 1. The first-order chi connectivity index (χ1) is 9.13. The van der Waals surface area contributed by atoms with Crippen LogP contribution in [0.5, 0.6) is 0 Å². The van der Waals surface area contributed by atoms with Crippen molar-refractivity contribution in [2.24, 2.45) is 0 Å². The zero-order valence-corrected chi connectivity index (χ0v) is 11.4. The van der Waals surface area contributed by atoms with Crippen LogP contribution in [0, 0.1) is 0 Å². The van der Waals surface area contributed by atoms with Gasteiger partial charge in [0, 0.05) is 27.0 Å². The van der Waals surface area contributed by atoms with E-state index in [1.165, 1.54) is 0 Å². The Hall–Kier alpha value is -1.65. The van der Waals surface area contributed by atoms with Gasteiger partial charge in [-0.1, -0.05) is 23.4 Å². The van der Waals surface area contributed by atoms with E-state index in [4.69, 9.17) is 16.7 Å². The van der Waals surface area contributed by atoms with E-state index < -0.39 is 5.97 Å². The Kier molecular flexibility index (Phi) is 3.12. The van der Waals surface area contributed by atoms with Crippen LogP contribution in [0.25, 0.3) is 0 Å². The number of nitrogens with one attached hydrogen (secondary N) is 1. The molecule has 3 rings (SSSR count). The van der Waals surface area contributed by atoms with E-state index in [0.29, 0.717) is 11.6 Å². The molecule has 5 heteroatoms. The van der Waals surface area contributed by atoms with E-state index in [9.17, 15) is 4.79 Å². The Morgan fingerprint density at radius 2 is 2.00 bits per heavy atom. The standard InChI is InChI=1S/C14H10ClNO2S/c15-10-2-4-12-9(5-10)7-16-11-6-8(14(17)18)1-3-13(11)19-12/h1-6,16H,7H2,(H,17,18). The summed E-state index contributed by atoms with van der Waals surface area (Å²) in [6.45, 7) is 0.638. The van der Waals surface area contributed by atoms with Crippen LogP contribution in [0.3, 0.4) is 0 Å². The van der Waals surface area contributed by atoms with Crippen LogP contribution in [0.15, 0.2) is 46.2 Å². The van der Waals surface area contributed by atoms with Gasteiger partial charge in [0.05, 0.1) is 5.56 Å². The van der Waals surface area contributed by atoms with Gasteiger partial charge in [-0.3, -0.25) is 0 Å². The Labute approximate surface area is 119 Å². The predicted molar refractivity (Wildman–Crippen MR) is 76.3 cm³/mol. The molecule has 19 heavy (non-hydrogen) atoms. The lowest BCUT2D eigenvalue weighted by Gasteiger charge is -2.07. The minimum atomic E-state index is -0.917. The lowest BCUT2D eigenvalue weighted by molar-refractivity contribution is 0.0697. The predicted octanol–water partition coefficient (Wildman–Crippen LogP) is 4.11. The smallest absolute Gasteiger partial charge is 0.335 e. The first kappa shape index (κ1) is 12.4. The Bertz CT molecular complexity index is 672. The van der Waals surface area contributed by atoms with Crippen molar-refractivity contribution in [3.05, 3.63) is 52.5 Å². The zero-order chi connectivity index (χ0) is 13.4. The lowest BCUT2D eigenvalue weighted by Crippen LogP contribution is -2.01. The molecule has 0 saturated carbocycles. The summed E-state index contributed by atoms with van der Waals surface area (Å²) in [7, 11) is 0. The van der Waals surface area contributed by atoms with Crippen molar-refractivity contribution < 1.29 is 9.90 Å². The molecule has 0 bridgehead atoms. The third-order valence-electron chi connectivity index (χ3n) is 2.94. The molecule has 0 amide bonds. The Balaban J connectivity index is 2.03. The van der Waals surface area contributed by atoms with E-state index in [2.05, 4.69) is 5.32 Å². The maximum absolute atomic E-state index is 11.0. The average molecular weight is 292 g/mol. The second-order valence-corrected chi connectivity index (χ2v) is 5.74. The number of aromatic carboxylic acids is 1. The van der Waals surface area contributed by atoms with Crippen molar-refractivity contribution in [1.82, 2.24) is 0 Å². The molecule has 0 fully saturated rings. The number of carboxylic acids is 1. The van der Waals surface area contributed by atoms with E-state index >= 15 is 0 Å². The maximum atomic E-state index is 11.0. The average Bonchev–Trinajstić information content (AvgIpc) is 2.56. The number of hydrogen-bond donors (Lipinski definition) is 2. The van der Waals surface area contributed by atoms with Crippen LogP contribution in [0.4, 0.5) is 5.69 Å². The van der Waals surface area contributed by atoms with E-state index in [1.807, 2.05) is 24.3 Å². The van der Waals surface area contributed by atoms with Crippen LogP contribution in [-0.4, -0.2) is 11.1 Å². The fourth-order valence-electron chi connectivity index (χ4n) is 1.98. The third-order valence-corrected chi connectivity index (χ3v) is 4.37. The number of benzene rings is 2. The minimum Gasteiger partial charge on any atom is -0.478 e. The summed E-state index contributed by atoms with van der Waals surface area (Å²) < 4.78 is 0. The van der Waals surface area contributed by atoms with Crippen molar-refractivity contribution in [3.8, 4) is 0 Å². The number of carboxylic acid groups (broad SMARTS) is 1. The number of fused-ring (bicyclic) bond motifs is 2. The van der Waals surface area contributed by atoms with Gasteiger partial charge >= 0.3 is 5.97 Å². The summed E-state index contributed by atoms with van der Waals surface area (Å²) in [6.07, 6.45) is 0. The molecule has 0 unspecified atom stereocenters. The number of rotatable bonds is 1. The monoisotopic (exact) mass is 291 g/mol. The molecule has 3 nitrogen and oxygen atoms in total. The highest BCUT2D eigenvalue weighted by Crippen LogP contribution is 2.39. The van der Waals surface area contributed by atoms with Crippen LogP contribution in [-0.2, 0) is 6.54 Å². The van der Waals surface area contributed by atoms with Gasteiger partial charge in [-0.05, 0) is 42.0 Å². The molecule has 1 aliphatic heterocycles. The summed E-state index contributed by atoms with van der Waals surface area (Å²) in [6, 6.07) is 10.9. The quantitative estimate of drug-likeness (QED) is 0.830. The van der Waals surface area contributed by atoms with Gasteiger partial charge in [0.2, 0.25) is 0 Å². The van der Waals surface area contributed by atoms with Crippen molar-refractivity contribution in [2.45, 2.75) is 16.3 Å². The molecular weight excluding hydrogens is 282 g/mol. The van der Waals surface area contributed by atoms with Crippen LogP contribution in [0.1, 0.15) is 15.9 Å². The summed E-state index contributed by atoms with van der Waals surface area (Å²) >= 11 is 7.61. The molecule has 0 aromatic heterocycles. The molecule has 96 valence electrons. The molecule has 1 heterocycles. The summed E-state index contributed by atoms with van der Waals surface area (Å²) in [5.41, 5.74) is 2.25. The Morgan fingerprint density at radius 1 is 1.21 bits per heavy atom. The number of anilines is 1. The topological polar surface area (TPSA) is 49.3 Å². The second kappa shape index (κ2) is 4.79. The largest absolute Gasteiger partial charge is 0.478 e. The van der Waals surface area contributed by atoms with Gasteiger partial charge < -0.3 is 10.4 Å². The highest BCUT2D eigenvalue weighted by molar-refractivity contribution is 7.99. The van der Waals surface area contributed by atoms with Crippen molar-refractivity contribution in [1.29, 1.82) is 0 Å². The van der Waals surface area contributed by atoms with Crippen molar-refractivity contribution >= 4 is 35.0 Å².